The van der Waals surface area contributed by atoms with Gasteiger partial charge in [-0.1, -0.05) is 11.6 Å². The number of ether oxygens (including phenoxy) is 1. The van der Waals surface area contributed by atoms with Gasteiger partial charge in [0.25, 0.3) is 0 Å². The van der Waals surface area contributed by atoms with Crippen LogP contribution in [0, 0.1) is 0 Å². The first kappa shape index (κ1) is 16.5. The van der Waals surface area contributed by atoms with Crippen molar-refractivity contribution in [2.24, 2.45) is 0 Å². The maximum absolute atomic E-state index is 11.8. The summed E-state index contributed by atoms with van der Waals surface area (Å²) in [7, 11) is 1.29. The number of anilines is 1. The molecule has 0 radical (unpaired) electrons. The van der Waals surface area contributed by atoms with Gasteiger partial charge in [-0.2, -0.15) is 0 Å². The highest BCUT2D eigenvalue weighted by atomic mass is 35.5. The molecule has 0 unspecified atom stereocenters. The molecule has 1 aromatic carbocycles. The highest BCUT2D eigenvalue weighted by Gasteiger charge is 2.14. The van der Waals surface area contributed by atoms with E-state index in [0.29, 0.717) is 16.3 Å². The fourth-order valence-electron chi connectivity index (χ4n) is 1.41. The number of benzene rings is 1. The molecular formula is C14H19ClN2O3. The first-order valence-corrected chi connectivity index (χ1v) is 6.53. The van der Waals surface area contributed by atoms with Crippen LogP contribution in [-0.2, 0) is 9.53 Å². The van der Waals surface area contributed by atoms with Crippen molar-refractivity contribution in [3.63, 3.8) is 0 Å². The van der Waals surface area contributed by atoms with Gasteiger partial charge in [-0.25, -0.2) is 4.79 Å². The number of hydrogen-bond donors (Lipinski definition) is 2. The van der Waals surface area contributed by atoms with E-state index in [1.54, 1.807) is 6.07 Å². The second kappa shape index (κ2) is 6.72. The van der Waals surface area contributed by atoms with E-state index >= 15 is 0 Å². The molecule has 0 aromatic heterocycles. The summed E-state index contributed by atoms with van der Waals surface area (Å²) in [5, 5.41) is 6.09. The zero-order chi connectivity index (χ0) is 15.3. The molecule has 110 valence electrons. The standard InChI is InChI=1S/C14H19ClN2O3/c1-14(2,3)16-8-12(18)17-11-7-9(13(19)20-4)5-6-10(11)15/h5-7,16H,8H2,1-4H3,(H,17,18). The van der Waals surface area contributed by atoms with Crippen LogP contribution in [0.4, 0.5) is 5.69 Å². The number of methoxy groups -OCH3 is 1. The maximum Gasteiger partial charge on any atom is 0.337 e. The number of rotatable bonds is 4. The van der Waals surface area contributed by atoms with Gasteiger partial charge >= 0.3 is 5.97 Å². The topological polar surface area (TPSA) is 67.4 Å². The minimum Gasteiger partial charge on any atom is -0.465 e. The van der Waals surface area contributed by atoms with Crippen LogP contribution in [0.3, 0.4) is 0 Å². The summed E-state index contributed by atoms with van der Waals surface area (Å²) in [6.45, 7) is 6.05. The van der Waals surface area contributed by atoms with Crippen molar-refractivity contribution in [1.29, 1.82) is 0 Å². The summed E-state index contributed by atoms with van der Waals surface area (Å²) >= 11 is 5.99. The van der Waals surface area contributed by atoms with Crippen molar-refractivity contribution in [2.75, 3.05) is 19.0 Å². The molecule has 20 heavy (non-hydrogen) atoms. The third kappa shape index (κ3) is 5.19. The Hall–Kier alpha value is -1.59. The van der Waals surface area contributed by atoms with Crippen molar-refractivity contribution < 1.29 is 14.3 Å². The molecule has 0 saturated carbocycles. The monoisotopic (exact) mass is 298 g/mol. The molecule has 0 saturated heterocycles. The maximum atomic E-state index is 11.8. The van der Waals surface area contributed by atoms with Gasteiger partial charge in [-0.15, -0.1) is 0 Å². The van der Waals surface area contributed by atoms with Gasteiger partial charge in [0.15, 0.2) is 0 Å². The third-order valence-electron chi connectivity index (χ3n) is 2.44. The molecule has 0 heterocycles. The third-order valence-corrected chi connectivity index (χ3v) is 2.77. The van der Waals surface area contributed by atoms with Crippen LogP contribution in [0.15, 0.2) is 18.2 Å². The summed E-state index contributed by atoms with van der Waals surface area (Å²) < 4.78 is 4.62. The molecule has 6 heteroatoms. The summed E-state index contributed by atoms with van der Waals surface area (Å²) in [6.07, 6.45) is 0. The number of carbonyl (C=O) groups excluding carboxylic acids is 2. The van der Waals surface area contributed by atoms with Gasteiger partial charge in [0.05, 0.1) is 29.9 Å². The van der Waals surface area contributed by atoms with Gasteiger partial charge < -0.3 is 15.4 Å². The Morgan fingerprint density at radius 2 is 1.95 bits per heavy atom. The Balaban J connectivity index is 2.76. The van der Waals surface area contributed by atoms with E-state index in [-0.39, 0.29) is 18.0 Å². The van der Waals surface area contributed by atoms with E-state index in [4.69, 9.17) is 11.6 Å². The normalized spacial score (nSPS) is 11.1. The van der Waals surface area contributed by atoms with E-state index in [2.05, 4.69) is 15.4 Å². The first-order valence-electron chi connectivity index (χ1n) is 6.15. The predicted octanol–water partition coefficient (Wildman–Crippen LogP) is 2.45. The number of amides is 1. The number of halogens is 1. The van der Waals surface area contributed by atoms with Crippen molar-refractivity contribution in [1.82, 2.24) is 5.32 Å². The van der Waals surface area contributed by atoms with Crippen LogP contribution < -0.4 is 10.6 Å². The highest BCUT2D eigenvalue weighted by molar-refractivity contribution is 6.33. The van der Waals surface area contributed by atoms with E-state index in [9.17, 15) is 9.59 Å². The minimum atomic E-state index is -0.481. The number of esters is 1. The SMILES string of the molecule is COC(=O)c1ccc(Cl)c(NC(=O)CNC(C)(C)C)c1. The van der Waals surface area contributed by atoms with Crippen molar-refractivity contribution in [3.8, 4) is 0 Å². The molecule has 0 bridgehead atoms. The van der Waals surface area contributed by atoms with E-state index in [0.717, 1.165) is 0 Å². The molecule has 5 nitrogen and oxygen atoms in total. The largest absolute Gasteiger partial charge is 0.465 e. The number of hydrogen-bond acceptors (Lipinski definition) is 4. The van der Waals surface area contributed by atoms with Gasteiger partial charge in [0.2, 0.25) is 5.91 Å². The summed E-state index contributed by atoms with van der Waals surface area (Å²) in [5.41, 5.74) is 0.556. The molecule has 1 amide bonds. The lowest BCUT2D eigenvalue weighted by atomic mass is 10.1. The quantitative estimate of drug-likeness (QED) is 0.838. The van der Waals surface area contributed by atoms with Crippen LogP contribution in [0.5, 0.6) is 0 Å². The molecule has 0 aliphatic carbocycles. The van der Waals surface area contributed by atoms with E-state index < -0.39 is 5.97 Å². The Kier molecular flexibility index (Phi) is 5.53. The predicted molar refractivity (Wildman–Crippen MR) is 79.2 cm³/mol. The van der Waals surface area contributed by atoms with Crippen molar-refractivity contribution >= 4 is 29.2 Å². The molecule has 0 aliphatic rings. The average molecular weight is 299 g/mol. The van der Waals surface area contributed by atoms with Gasteiger partial charge in [-0.3, -0.25) is 4.79 Å². The Morgan fingerprint density at radius 1 is 1.30 bits per heavy atom. The molecule has 0 fully saturated rings. The lowest BCUT2D eigenvalue weighted by Gasteiger charge is -2.20. The molecule has 0 aliphatic heterocycles. The van der Waals surface area contributed by atoms with Crippen LogP contribution in [0.2, 0.25) is 5.02 Å². The Labute approximate surface area is 123 Å². The molecule has 0 atom stereocenters. The molecule has 1 rings (SSSR count). The summed E-state index contributed by atoms with van der Waals surface area (Å²) in [6, 6.07) is 4.57. The summed E-state index contributed by atoms with van der Waals surface area (Å²) in [5.74, 6) is -0.714. The summed E-state index contributed by atoms with van der Waals surface area (Å²) in [4.78, 5) is 23.2. The smallest absolute Gasteiger partial charge is 0.337 e. The van der Waals surface area contributed by atoms with Crippen LogP contribution in [-0.4, -0.2) is 31.1 Å². The Bertz CT molecular complexity index is 510. The zero-order valence-corrected chi connectivity index (χ0v) is 12.8. The van der Waals surface area contributed by atoms with Crippen molar-refractivity contribution in [2.45, 2.75) is 26.3 Å². The highest BCUT2D eigenvalue weighted by Crippen LogP contribution is 2.23. The lowest BCUT2D eigenvalue weighted by Crippen LogP contribution is -2.41. The first-order chi connectivity index (χ1) is 9.23. The van der Waals surface area contributed by atoms with E-state index in [1.165, 1.54) is 19.2 Å². The van der Waals surface area contributed by atoms with Gasteiger partial charge in [-0.05, 0) is 39.0 Å². The van der Waals surface area contributed by atoms with Crippen LogP contribution in [0.1, 0.15) is 31.1 Å². The van der Waals surface area contributed by atoms with Gasteiger partial charge in [0.1, 0.15) is 0 Å². The average Bonchev–Trinajstić information content (AvgIpc) is 2.37. The fraction of sp³-hybridized carbons (Fsp3) is 0.429. The van der Waals surface area contributed by atoms with Crippen molar-refractivity contribution in [3.05, 3.63) is 28.8 Å². The Morgan fingerprint density at radius 3 is 2.50 bits per heavy atom. The molecular weight excluding hydrogens is 280 g/mol. The number of carbonyl (C=O) groups is 2. The molecule has 1 aromatic rings. The van der Waals surface area contributed by atoms with Crippen LogP contribution >= 0.6 is 11.6 Å². The lowest BCUT2D eigenvalue weighted by molar-refractivity contribution is -0.115. The fourth-order valence-corrected chi connectivity index (χ4v) is 1.57. The molecule has 2 N–H and O–H groups in total. The zero-order valence-electron chi connectivity index (χ0n) is 12.0. The molecule has 0 spiro atoms. The second-order valence-corrected chi connectivity index (χ2v) is 5.75. The van der Waals surface area contributed by atoms with Crippen LogP contribution in [0.25, 0.3) is 0 Å². The van der Waals surface area contributed by atoms with E-state index in [1.807, 2.05) is 20.8 Å². The number of nitrogens with one attached hydrogen (secondary N) is 2. The van der Waals surface area contributed by atoms with Gasteiger partial charge in [0, 0.05) is 5.54 Å². The second-order valence-electron chi connectivity index (χ2n) is 5.34. The minimum absolute atomic E-state index is 0.155.